The van der Waals surface area contributed by atoms with Gasteiger partial charge in [-0.15, -0.1) is 0 Å². The summed E-state index contributed by atoms with van der Waals surface area (Å²) in [6.07, 6.45) is 7.09. The van der Waals surface area contributed by atoms with Crippen molar-refractivity contribution < 1.29 is 9.59 Å². The molecular weight excluding hydrogens is 288 g/mol. The highest BCUT2D eigenvalue weighted by molar-refractivity contribution is 8.00. The number of hydrazone groups is 1. The van der Waals surface area contributed by atoms with Gasteiger partial charge in [-0.25, -0.2) is 10.2 Å². The molecule has 0 saturated carbocycles. The van der Waals surface area contributed by atoms with Crippen molar-refractivity contribution in [1.82, 2.24) is 16.1 Å². The van der Waals surface area contributed by atoms with E-state index in [9.17, 15) is 9.59 Å². The van der Waals surface area contributed by atoms with Crippen LogP contribution in [0.3, 0.4) is 0 Å². The predicted molar refractivity (Wildman–Crippen MR) is 85.5 cm³/mol. The van der Waals surface area contributed by atoms with Gasteiger partial charge in [-0.3, -0.25) is 4.79 Å². The number of nitrogens with zero attached hydrogens (tertiary/aromatic N) is 1. The number of rotatable bonds is 8. The Balaban J connectivity index is 1.56. The monoisotopic (exact) mass is 312 g/mol. The number of carbonyl (C=O) groups excluding carboxylic acids is 2. The second-order valence-electron chi connectivity index (χ2n) is 5.50. The number of hydrogen-bond acceptors (Lipinski definition) is 4. The summed E-state index contributed by atoms with van der Waals surface area (Å²) in [4.78, 5) is 22.8. The van der Waals surface area contributed by atoms with Gasteiger partial charge in [0, 0.05) is 23.6 Å². The van der Waals surface area contributed by atoms with Gasteiger partial charge >= 0.3 is 6.03 Å². The summed E-state index contributed by atoms with van der Waals surface area (Å²) in [5.41, 5.74) is 2.55. The maximum absolute atomic E-state index is 11.5. The molecule has 0 aromatic heterocycles. The van der Waals surface area contributed by atoms with E-state index in [0.29, 0.717) is 11.7 Å². The van der Waals surface area contributed by atoms with Crippen molar-refractivity contribution in [2.45, 2.75) is 62.8 Å². The molecule has 2 rings (SSSR count). The summed E-state index contributed by atoms with van der Waals surface area (Å²) in [6, 6.07) is 0.498. The minimum atomic E-state index is -0.0420. The van der Waals surface area contributed by atoms with Gasteiger partial charge in [-0.05, 0) is 19.3 Å². The Kier molecular flexibility index (Phi) is 6.35. The zero-order valence-electron chi connectivity index (χ0n) is 12.4. The molecule has 0 spiro atoms. The van der Waals surface area contributed by atoms with Crippen LogP contribution in [0.1, 0.15) is 45.4 Å². The van der Waals surface area contributed by atoms with E-state index in [0.717, 1.165) is 37.9 Å². The lowest BCUT2D eigenvalue weighted by Crippen LogP contribution is -2.36. The van der Waals surface area contributed by atoms with Gasteiger partial charge in [0.2, 0.25) is 5.91 Å². The number of thioether (sulfide) groups is 1. The molecule has 3 unspecified atom stereocenters. The van der Waals surface area contributed by atoms with Gasteiger partial charge in [0.15, 0.2) is 0 Å². The summed E-state index contributed by atoms with van der Waals surface area (Å²) in [7, 11) is 0. The standard InChI is InChI=1S/C14H24N4O2S/c1-2-3-8-15-18-12(19)7-5-4-6-11-13-10(9-21-11)16-14(20)17-13/h8,10-11,13H,2-7,9H2,1H3,(H,18,19)(H2,16,17,20)/b15-8+. The van der Waals surface area contributed by atoms with Crippen molar-refractivity contribution in [3.63, 3.8) is 0 Å². The third-order valence-electron chi connectivity index (χ3n) is 3.78. The Hall–Kier alpha value is -1.24. The molecule has 6 nitrogen and oxygen atoms in total. The van der Waals surface area contributed by atoms with Gasteiger partial charge in [-0.2, -0.15) is 16.9 Å². The molecule has 0 radical (unpaired) electrons. The molecule has 0 bridgehead atoms. The van der Waals surface area contributed by atoms with Crippen molar-refractivity contribution in [2.24, 2.45) is 5.10 Å². The summed E-state index contributed by atoms with van der Waals surface area (Å²) in [5.74, 6) is 0.968. The smallest absolute Gasteiger partial charge is 0.315 e. The summed E-state index contributed by atoms with van der Waals surface area (Å²) in [6.45, 7) is 2.07. The van der Waals surface area contributed by atoms with Crippen LogP contribution in [0.25, 0.3) is 0 Å². The van der Waals surface area contributed by atoms with Crippen LogP contribution in [-0.2, 0) is 4.79 Å². The molecule has 3 N–H and O–H groups in total. The number of hydrogen-bond donors (Lipinski definition) is 3. The van der Waals surface area contributed by atoms with E-state index in [-0.39, 0.29) is 24.0 Å². The molecule has 3 amide bonds. The third kappa shape index (κ3) is 4.91. The third-order valence-corrected chi connectivity index (χ3v) is 5.29. The van der Waals surface area contributed by atoms with Crippen LogP contribution in [0.2, 0.25) is 0 Å². The average molecular weight is 312 g/mol. The van der Waals surface area contributed by atoms with Gasteiger partial charge in [-0.1, -0.05) is 19.8 Å². The minimum Gasteiger partial charge on any atom is -0.332 e. The molecule has 21 heavy (non-hydrogen) atoms. The number of urea groups is 1. The Morgan fingerprint density at radius 2 is 2.33 bits per heavy atom. The fraction of sp³-hybridized carbons (Fsp3) is 0.786. The number of nitrogens with one attached hydrogen (secondary N) is 3. The lowest BCUT2D eigenvalue weighted by molar-refractivity contribution is -0.121. The van der Waals surface area contributed by atoms with Crippen molar-refractivity contribution in [1.29, 1.82) is 0 Å². The first-order valence-electron chi connectivity index (χ1n) is 7.69. The predicted octanol–water partition coefficient (Wildman–Crippen LogP) is 1.61. The van der Waals surface area contributed by atoms with Crippen LogP contribution in [0, 0.1) is 0 Å². The molecule has 3 atom stereocenters. The van der Waals surface area contributed by atoms with Crippen LogP contribution >= 0.6 is 11.8 Å². The number of unbranched alkanes of at least 4 members (excludes halogenated alkanes) is 2. The molecular formula is C14H24N4O2S. The molecule has 2 aliphatic rings. The number of carbonyl (C=O) groups is 2. The fourth-order valence-corrected chi connectivity index (χ4v) is 4.18. The highest BCUT2D eigenvalue weighted by Crippen LogP contribution is 2.33. The van der Waals surface area contributed by atoms with Crippen LogP contribution in [0.5, 0.6) is 0 Å². The topological polar surface area (TPSA) is 82.6 Å². The minimum absolute atomic E-state index is 0.0184. The highest BCUT2D eigenvalue weighted by Gasteiger charge is 2.42. The molecule has 2 aliphatic heterocycles. The van der Waals surface area contributed by atoms with E-state index in [4.69, 9.17) is 0 Å². The van der Waals surface area contributed by atoms with Gasteiger partial charge in [0.1, 0.15) is 0 Å². The van der Waals surface area contributed by atoms with Crippen molar-refractivity contribution in [2.75, 3.05) is 5.75 Å². The molecule has 0 aromatic carbocycles. The van der Waals surface area contributed by atoms with E-state index in [1.165, 1.54) is 0 Å². The van der Waals surface area contributed by atoms with Crippen LogP contribution in [0.4, 0.5) is 4.79 Å². The van der Waals surface area contributed by atoms with Crippen molar-refractivity contribution in [3.05, 3.63) is 0 Å². The van der Waals surface area contributed by atoms with Crippen molar-refractivity contribution in [3.8, 4) is 0 Å². The molecule has 2 fully saturated rings. The summed E-state index contributed by atoms with van der Waals surface area (Å²) in [5, 5.41) is 10.3. The van der Waals surface area contributed by atoms with E-state index in [1.807, 2.05) is 11.8 Å². The molecule has 0 aliphatic carbocycles. The molecule has 118 valence electrons. The molecule has 2 saturated heterocycles. The van der Waals surface area contributed by atoms with Gasteiger partial charge in [0.25, 0.3) is 0 Å². The Morgan fingerprint density at radius 1 is 1.48 bits per heavy atom. The first kappa shape index (κ1) is 16.1. The Morgan fingerprint density at radius 3 is 3.14 bits per heavy atom. The quantitative estimate of drug-likeness (QED) is 0.276. The van der Waals surface area contributed by atoms with E-state index in [2.05, 4.69) is 28.1 Å². The Bertz CT molecular complexity index is 402. The normalized spacial score (nSPS) is 27.5. The Labute approximate surface area is 129 Å². The summed E-state index contributed by atoms with van der Waals surface area (Å²) < 4.78 is 0. The first-order chi connectivity index (χ1) is 10.2. The largest absolute Gasteiger partial charge is 0.332 e. The molecule has 7 heteroatoms. The van der Waals surface area contributed by atoms with E-state index in [1.54, 1.807) is 6.21 Å². The van der Waals surface area contributed by atoms with E-state index >= 15 is 0 Å². The van der Waals surface area contributed by atoms with Crippen LogP contribution in [-0.4, -0.2) is 41.2 Å². The highest BCUT2D eigenvalue weighted by atomic mass is 32.2. The second kappa shape index (κ2) is 8.26. The van der Waals surface area contributed by atoms with E-state index < -0.39 is 0 Å². The van der Waals surface area contributed by atoms with Crippen molar-refractivity contribution >= 4 is 29.9 Å². The second-order valence-corrected chi connectivity index (χ2v) is 6.78. The summed E-state index contributed by atoms with van der Waals surface area (Å²) >= 11 is 1.91. The molecule has 2 heterocycles. The zero-order chi connectivity index (χ0) is 15.1. The fourth-order valence-electron chi connectivity index (χ4n) is 2.64. The van der Waals surface area contributed by atoms with Gasteiger partial charge in [0.05, 0.1) is 12.1 Å². The SMILES string of the molecule is CCC/C=N/NC(=O)CCCCC1SCC2NC(=O)NC21. The lowest BCUT2D eigenvalue weighted by atomic mass is 10.0. The zero-order valence-corrected chi connectivity index (χ0v) is 13.2. The first-order valence-corrected chi connectivity index (χ1v) is 8.74. The van der Waals surface area contributed by atoms with Gasteiger partial charge < -0.3 is 10.6 Å². The number of amides is 3. The maximum atomic E-state index is 11.5. The lowest BCUT2D eigenvalue weighted by Gasteiger charge is -2.16. The van der Waals surface area contributed by atoms with Crippen LogP contribution < -0.4 is 16.1 Å². The average Bonchev–Trinajstić information content (AvgIpc) is 2.99. The molecule has 0 aromatic rings. The number of fused-ring (bicyclic) bond motifs is 1. The van der Waals surface area contributed by atoms with Crippen LogP contribution in [0.15, 0.2) is 5.10 Å². The maximum Gasteiger partial charge on any atom is 0.315 e.